The molecule has 0 atom stereocenters. The maximum atomic E-state index is 13.3. The molecule has 5 heteroatoms. The Labute approximate surface area is 99.2 Å². The molecule has 0 saturated heterocycles. The van der Waals surface area contributed by atoms with Crippen molar-refractivity contribution in [1.82, 2.24) is 0 Å². The number of amides is 1. The molecule has 0 aliphatic rings. The van der Waals surface area contributed by atoms with Crippen LogP contribution < -0.4 is 10.6 Å². The predicted molar refractivity (Wildman–Crippen MR) is 63.5 cm³/mol. The largest absolute Gasteiger partial charge is 0.368 e. The number of carbonyl (C=O) groups excluding carboxylic acids is 2. The average Bonchev–Trinajstić information content (AvgIpc) is 2.24. The molecule has 0 spiro atoms. The number of anilines is 1. The summed E-state index contributed by atoms with van der Waals surface area (Å²) in [6.07, 6.45) is 0.565. The topological polar surface area (TPSA) is 63.4 Å². The molecule has 1 amide bonds. The van der Waals surface area contributed by atoms with E-state index in [0.717, 1.165) is 6.07 Å². The fourth-order valence-electron chi connectivity index (χ4n) is 1.57. The summed E-state index contributed by atoms with van der Waals surface area (Å²) < 4.78 is 13.3. The van der Waals surface area contributed by atoms with Crippen molar-refractivity contribution in [3.05, 3.63) is 29.6 Å². The van der Waals surface area contributed by atoms with E-state index in [0.29, 0.717) is 12.0 Å². The van der Waals surface area contributed by atoms with Crippen molar-refractivity contribution in [2.24, 2.45) is 5.73 Å². The molecular weight excluding hydrogens is 223 g/mol. The first-order valence-electron chi connectivity index (χ1n) is 5.24. The third-order valence-corrected chi connectivity index (χ3v) is 2.32. The van der Waals surface area contributed by atoms with Crippen LogP contribution in [0, 0.1) is 5.82 Å². The van der Waals surface area contributed by atoms with Gasteiger partial charge in [-0.1, -0.05) is 0 Å². The van der Waals surface area contributed by atoms with Gasteiger partial charge in [-0.2, -0.15) is 0 Å². The number of aldehydes is 1. The summed E-state index contributed by atoms with van der Waals surface area (Å²) in [7, 11) is 0. The normalized spacial score (nSPS) is 10.4. The molecule has 1 aromatic carbocycles. The van der Waals surface area contributed by atoms with E-state index in [1.807, 2.05) is 13.8 Å². The first kappa shape index (κ1) is 13.2. The summed E-state index contributed by atoms with van der Waals surface area (Å²) in [5.41, 5.74) is 5.84. The van der Waals surface area contributed by atoms with Gasteiger partial charge in [0, 0.05) is 17.3 Å². The van der Waals surface area contributed by atoms with Gasteiger partial charge in [0.05, 0.1) is 6.54 Å². The zero-order chi connectivity index (χ0) is 13.0. The first-order valence-corrected chi connectivity index (χ1v) is 5.24. The molecule has 0 aliphatic heterocycles. The summed E-state index contributed by atoms with van der Waals surface area (Å²) in [5.74, 6) is -1.02. The molecule has 0 saturated carbocycles. The molecule has 0 aromatic heterocycles. The van der Waals surface area contributed by atoms with E-state index in [2.05, 4.69) is 0 Å². The molecule has 0 heterocycles. The van der Waals surface area contributed by atoms with E-state index in [1.54, 1.807) is 4.90 Å². The van der Waals surface area contributed by atoms with Gasteiger partial charge in [-0.3, -0.25) is 9.59 Å². The molecule has 0 aliphatic carbocycles. The van der Waals surface area contributed by atoms with E-state index in [1.165, 1.54) is 12.1 Å². The average molecular weight is 238 g/mol. The van der Waals surface area contributed by atoms with E-state index in [-0.39, 0.29) is 18.2 Å². The van der Waals surface area contributed by atoms with Gasteiger partial charge >= 0.3 is 0 Å². The van der Waals surface area contributed by atoms with E-state index in [9.17, 15) is 14.0 Å². The highest BCUT2D eigenvalue weighted by Crippen LogP contribution is 2.19. The second-order valence-electron chi connectivity index (χ2n) is 4.05. The Kier molecular flexibility index (Phi) is 4.20. The molecule has 1 aromatic rings. The number of hydrogen-bond donors (Lipinski definition) is 1. The quantitative estimate of drug-likeness (QED) is 0.787. The van der Waals surface area contributed by atoms with Crippen LogP contribution in [-0.2, 0) is 4.79 Å². The summed E-state index contributed by atoms with van der Waals surface area (Å²) in [6, 6.07) is 3.91. The monoisotopic (exact) mass is 238 g/mol. The number of nitrogens with two attached hydrogens (primary N) is 1. The summed E-state index contributed by atoms with van der Waals surface area (Å²) >= 11 is 0. The molecule has 0 unspecified atom stereocenters. The fraction of sp³-hybridized carbons (Fsp3) is 0.333. The Morgan fingerprint density at radius 2 is 2.12 bits per heavy atom. The van der Waals surface area contributed by atoms with Gasteiger partial charge in [-0.25, -0.2) is 4.39 Å². The van der Waals surface area contributed by atoms with Crippen molar-refractivity contribution in [3.63, 3.8) is 0 Å². The lowest BCUT2D eigenvalue weighted by Gasteiger charge is -2.27. The van der Waals surface area contributed by atoms with Crippen LogP contribution in [-0.4, -0.2) is 24.8 Å². The lowest BCUT2D eigenvalue weighted by molar-refractivity contribution is -0.116. The molecule has 1 rings (SSSR count). The molecule has 0 radical (unpaired) electrons. The molecule has 0 bridgehead atoms. The number of primary amides is 1. The Balaban J connectivity index is 3.13. The van der Waals surface area contributed by atoms with Crippen LogP contribution in [0.25, 0.3) is 0 Å². The summed E-state index contributed by atoms with van der Waals surface area (Å²) in [6.45, 7) is 3.70. The highest BCUT2D eigenvalue weighted by atomic mass is 19.1. The van der Waals surface area contributed by atoms with Crippen LogP contribution in [0.3, 0.4) is 0 Å². The summed E-state index contributed by atoms with van der Waals surface area (Å²) in [4.78, 5) is 23.2. The van der Waals surface area contributed by atoms with Crippen LogP contribution in [0.15, 0.2) is 18.2 Å². The van der Waals surface area contributed by atoms with Crippen molar-refractivity contribution in [2.45, 2.75) is 19.9 Å². The van der Waals surface area contributed by atoms with Crippen molar-refractivity contribution in [3.8, 4) is 0 Å². The van der Waals surface area contributed by atoms with Crippen LogP contribution >= 0.6 is 0 Å². The minimum atomic E-state index is -0.514. The number of halogens is 1. The highest BCUT2D eigenvalue weighted by molar-refractivity contribution is 5.81. The smallest absolute Gasteiger partial charge is 0.236 e. The van der Waals surface area contributed by atoms with E-state index >= 15 is 0 Å². The van der Waals surface area contributed by atoms with Gasteiger partial charge in [0.1, 0.15) is 12.1 Å². The van der Waals surface area contributed by atoms with Crippen LogP contribution in [0.4, 0.5) is 10.1 Å². The van der Waals surface area contributed by atoms with Crippen molar-refractivity contribution >= 4 is 17.9 Å². The van der Waals surface area contributed by atoms with Crippen molar-refractivity contribution in [1.29, 1.82) is 0 Å². The number of hydrogen-bond acceptors (Lipinski definition) is 3. The van der Waals surface area contributed by atoms with Crippen LogP contribution in [0.1, 0.15) is 24.2 Å². The second kappa shape index (κ2) is 5.43. The van der Waals surface area contributed by atoms with Gasteiger partial charge in [-0.05, 0) is 32.0 Å². The maximum absolute atomic E-state index is 13.3. The molecule has 92 valence electrons. The zero-order valence-corrected chi connectivity index (χ0v) is 9.81. The van der Waals surface area contributed by atoms with Gasteiger partial charge in [0.2, 0.25) is 5.91 Å². The third-order valence-electron chi connectivity index (χ3n) is 2.32. The third kappa shape index (κ3) is 3.55. The minimum Gasteiger partial charge on any atom is -0.368 e. The van der Waals surface area contributed by atoms with Crippen molar-refractivity contribution in [2.75, 3.05) is 11.4 Å². The standard InChI is InChI=1S/C12H15FN2O2/c1-8(2)15(6-12(14)17)11-4-9(7-16)3-10(13)5-11/h3-5,7-8H,6H2,1-2H3,(H2,14,17). The number of rotatable bonds is 5. The van der Waals surface area contributed by atoms with Gasteiger partial charge in [-0.15, -0.1) is 0 Å². The Hall–Kier alpha value is -1.91. The van der Waals surface area contributed by atoms with Crippen LogP contribution in [0.2, 0.25) is 0 Å². The molecular formula is C12H15FN2O2. The lowest BCUT2D eigenvalue weighted by atomic mass is 10.1. The SMILES string of the molecule is CC(C)N(CC(N)=O)c1cc(F)cc(C=O)c1. The summed E-state index contributed by atoms with van der Waals surface area (Å²) in [5, 5.41) is 0. The van der Waals surface area contributed by atoms with Gasteiger partial charge in [0.15, 0.2) is 0 Å². The maximum Gasteiger partial charge on any atom is 0.236 e. The zero-order valence-electron chi connectivity index (χ0n) is 9.81. The number of benzene rings is 1. The highest BCUT2D eigenvalue weighted by Gasteiger charge is 2.14. The van der Waals surface area contributed by atoms with Gasteiger partial charge in [0.25, 0.3) is 0 Å². The Morgan fingerprint density at radius 3 is 2.59 bits per heavy atom. The van der Waals surface area contributed by atoms with Gasteiger partial charge < -0.3 is 10.6 Å². The Bertz CT molecular complexity index is 433. The fourth-order valence-corrected chi connectivity index (χ4v) is 1.57. The first-order chi connectivity index (χ1) is 7.93. The van der Waals surface area contributed by atoms with E-state index < -0.39 is 11.7 Å². The number of nitrogens with zero attached hydrogens (tertiary/aromatic N) is 1. The Morgan fingerprint density at radius 1 is 1.47 bits per heavy atom. The molecule has 4 nitrogen and oxygen atoms in total. The molecule has 0 fully saturated rings. The second-order valence-corrected chi connectivity index (χ2v) is 4.05. The van der Waals surface area contributed by atoms with E-state index in [4.69, 9.17) is 5.73 Å². The lowest BCUT2D eigenvalue weighted by Crippen LogP contribution is -2.38. The minimum absolute atomic E-state index is 0.0145. The molecule has 2 N–H and O–H groups in total. The predicted octanol–water partition coefficient (Wildman–Crippen LogP) is 1.34. The van der Waals surface area contributed by atoms with Crippen molar-refractivity contribution < 1.29 is 14.0 Å². The molecule has 17 heavy (non-hydrogen) atoms. The number of carbonyl (C=O) groups is 2. The van der Waals surface area contributed by atoms with Crippen LogP contribution in [0.5, 0.6) is 0 Å².